The minimum Gasteiger partial charge on any atom is -0.488 e. The Labute approximate surface area is 105 Å². The fourth-order valence-corrected chi connectivity index (χ4v) is 1.26. The van der Waals surface area contributed by atoms with E-state index in [1.807, 2.05) is 6.92 Å². The minimum absolute atomic E-state index is 0.127. The molecule has 1 N–H and O–H groups in total. The lowest BCUT2D eigenvalue weighted by molar-refractivity contribution is -0.131. The third-order valence-electron chi connectivity index (χ3n) is 2.06. The molecule has 4 nitrogen and oxygen atoms in total. The number of halogens is 1. The van der Waals surface area contributed by atoms with Crippen LogP contribution in [0.4, 0.5) is 4.39 Å². The van der Waals surface area contributed by atoms with Crippen molar-refractivity contribution in [3.8, 4) is 5.75 Å². The lowest BCUT2D eigenvalue weighted by atomic mass is 10.2. The predicted molar refractivity (Wildman–Crippen MR) is 65.1 cm³/mol. The first kappa shape index (κ1) is 14.2. The van der Waals surface area contributed by atoms with Gasteiger partial charge in [0.2, 0.25) is 0 Å². The highest BCUT2D eigenvalue weighted by molar-refractivity contribution is 5.85. The average Bonchev–Trinajstić information content (AvgIpc) is 2.34. The monoisotopic (exact) mass is 254 g/mol. The second-order valence-corrected chi connectivity index (χ2v) is 3.41. The van der Waals surface area contributed by atoms with Gasteiger partial charge in [0.15, 0.2) is 11.6 Å². The smallest absolute Gasteiger partial charge is 0.328 e. The number of ether oxygens (including phenoxy) is 2. The Morgan fingerprint density at radius 3 is 2.83 bits per heavy atom. The van der Waals surface area contributed by atoms with Crippen molar-refractivity contribution < 1.29 is 23.8 Å². The van der Waals surface area contributed by atoms with E-state index < -0.39 is 11.8 Å². The topological polar surface area (TPSA) is 55.8 Å². The van der Waals surface area contributed by atoms with Gasteiger partial charge in [-0.15, -0.1) is 0 Å². The van der Waals surface area contributed by atoms with Gasteiger partial charge < -0.3 is 14.6 Å². The van der Waals surface area contributed by atoms with Gasteiger partial charge in [0.25, 0.3) is 0 Å². The van der Waals surface area contributed by atoms with Gasteiger partial charge in [-0.05, 0) is 30.7 Å². The van der Waals surface area contributed by atoms with Crippen LogP contribution < -0.4 is 4.74 Å². The molecule has 0 saturated carbocycles. The van der Waals surface area contributed by atoms with Crippen LogP contribution in [0, 0.1) is 5.82 Å². The third-order valence-corrected chi connectivity index (χ3v) is 2.06. The maximum Gasteiger partial charge on any atom is 0.328 e. The first-order chi connectivity index (χ1) is 8.63. The van der Waals surface area contributed by atoms with Gasteiger partial charge in [-0.25, -0.2) is 9.18 Å². The highest BCUT2D eigenvalue weighted by Gasteiger charge is 2.03. The first-order valence-corrected chi connectivity index (χ1v) is 5.54. The van der Waals surface area contributed by atoms with E-state index >= 15 is 0 Å². The highest BCUT2D eigenvalue weighted by Crippen LogP contribution is 2.19. The number of aliphatic carboxylic acids is 1. The predicted octanol–water partition coefficient (Wildman–Crippen LogP) is 2.34. The maximum atomic E-state index is 13.5. The molecule has 0 aliphatic rings. The molecule has 0 aliphatic carbocycles. The van der Waals surface area contributed by atoms with E-state index in [0.717, 1.165) is 6.08 Å². The van der Waals surface area contributed by atoms with Gasteiger partial charge in [-0.2, -0.15) is 0 Å². The number of carboxylic acids is 1. The fraction of sp³-hybridized carbons (Fsp3) is 0.308. The Balaban J connectivity index is 2.59. The van der Waals surface area contributed by atoms with Crippen LogP contribution in [0.1, 0.15) is 12.5 Å². The van der Waals surface area contributed by atoms with E-state index in [1.54, 1.807) is 6.07 Å². The first-order valence-electron chi connectivity index (χ1n) is 5.54. The number of rotatable bonds is 7. The molecule has 0 atom stereocenters. The van der Waals surface area contributed by atoms with Gasteiger partial charge >= 0.3 is 5.97 Å². The number of hydrogen-bond acceptors (Lipinski definition) is 3. The van der Waals surface area contributed by atoms with E-state index in [9.17, 15) is 9.18 Å². The number of benzene rings is 1. The Bertz CT molecular complexity index is 429. The Kier molecular flexibility index (Phi) is 5.87. The van der Waals surface area contributed by atoms with Crippen LogP contribution in [0.5, 0.6) is 5.75 Å². The molecule has 0 radical (unpaired) electrons. The Hall–Kier alpha value is -1.88. The summed E-state index contributed by atoms with van der Waals surface area (Å²) in [5.41, 5.74) is 0.465. The van der Waals surface area contributed by atoms with Crippen molar-refractivity contribution in [1.82, 2.24) is 0 Å². The molecule has 0 saturated heterocycles. The average molecular weight is 254 g/mol. The van der Waals surface area contributed by atoms with Crippen molar-refractivity contribution in [3.63, 3.8) is 0 Å². The van der Waals surface area contributed by atoms with Crippen LogP contribution >= 0.6 is 0 Å². The molecule has 98 valence electrons. The van der Waals surface area contributed by atoms with Crippen LogP contribution in [0.3, 0.4) is 0 Å². The highest BCUT2D eigenvalue weighted by atomic mass is 19.1. The summed E-state index contributed by atoms with van der Waals surface area (Å²) in [5, 5.41) is 8.45. The van der Waals surface area contributed by atoms with Crippen LogP contribution in [0.25, 0.3) is 6.08 Å². The molecular weight excluding hydrogens is 239 g/mol. The van der Waals surface area contributed by atoms with E-state index in [4.69, 9.17) is 14.6 Å². The standard InChI is InChI=1S/C13H15FO4/c1-2-17-7-8-18-12-5-3-10(9-11(12)14)4-6-13(15)16/h3-6,9H,2,7-8H2,1H3,(H,15,16). The second-order valence-electron chi connectivity index (χ2n) is 3.41. The molecule has 0 spiro atoms. The SMILES string of the molecule is CCOCCOc1ccc(C=CC(=O)O)cc1F. The van der Waals surface area contributed by atoms with E-state index in [1.165, 1.54) is 18.2 Å². The van der Waals surface area contributed by atoms with Crippen molar-refractivity contribution in [2.75, 3.05) is 19.8 Å². The summed E-state index contributed by atoms with van der Waals surface area (Å²) in [6, 6.07) is 4.26. The van der Waals surface area contributed by atoms with Crippen molar-refractivity contribution >= 4 is 12.0 Å². The molecular formula is C13H15FO4. The molecule has 0 heterocycles. The van der Waals surface area contributed by atoms with E-state index in [2.05, 4.69) is 0 Å². The van der Waals surface area contributed by atoms with Crippen molar-refractivity contribution in [3.05, 3.63) is 35.7 Å². The molecule has 0 fully saturated rings. The van der Waals surface area contributed by atoms with Gasteiger partial charge in [0.05, 0.1) is 6.61 Å². The van der Waals surface area contributed by atoms with Crippen LogP contribution in [-0.2, 0) is 9.53 Å². The second kappa shape index (κ2) is 7.45. The summed E-state index contributed by atoms with van der Waals surface area (Å²) in [7, 11) is 0. The summed E-state index contributed by atoms with van der Waals surface area (Å²) < 4.78 is 23.8. The molecule has 0 unspecified atom stereocenters. The number of carbonyl (C=O) groups is 1. The van der Waals surface area contributed by atoms with Gasteiger partial charge in [0, 0.05) is 12.7 Å². The molecule has 0 amide bonds. The Morgan fingerprint density at radius 1 is 1.44 bits per heavy atom. The fourth-order valence-electron chi connectivity index (χ4n) is 1.26. The lowest BCUT2D eigenvalue weighted by Crippen LogP contribution is -2.07. The summed E-state index contributed by atoms with van der Waals surface area (Å²) in [4.78, 5) is 10.3. The van der Waals surface area contributed by atoms with E-state index in [0.29, 0.717) is 18.8 Å². The summed E-state index contributed by atoms with van der Waals surface area (Å²) in [6.07, 6.45) is 2.26. The zero-order chi connectivity index (χ0) is 13.4. The normalized spacial score (nSPS) is 10.8. The van der Waals surface area contributed by atoms with Gasteiger partial charge in [0.1, 0.15) is 6.61 Å². The lowest BCUT2D eigenvalue weighted by Gasteiger charge is -2.07. The molecule has 0 aliphatic heterocycles. The number of hydrogen-bond donors (Lipinski definition) is 1. The Morgan fingerprint density at radius 2 is 2.22 bits per heavy atom. The number of carboxylic acid groups (broad SMARTS) is 1. The third kappa shape index (κ3) is 4.97. The minimum atomic E-state index is -1.08. The zero-order valence-electron chi connectivity index (χ0n) is 10.1. The van der Waals surface area contributed by atoms with Crippen LogP contribution in [0.2, 0.25) is 0 Å². The molecule has 1 aromatic rings. The molecule has 5 heteroatoms. The summed E-state index contributed by atoms with van der Waals surface area (Å²) in [6.45, 7) is 3.13. The van der Waals surface area contributed by atoms with Crippen LogP contribution in [-0.4, -0.2) is 30.9 Å². The maximum absolute atomic E-state index is 13.5. The summed E-state index contributed by atoms with van der Waals surface area (Å²) >= 11 is 0. The molecule has 1 rings (SSSR count). The van der Waals surface area contributed by atoms with Gasteiger partial charge in [-0.1, -0.05) is 6.07 Å². The van der Waals surface area contributed by atoms with Crippen molar-refractivity contribution in [2.24, 2.45) is 0 Å². The van der Waals surface area contributed by atoms with Crippen molar-refractivity contribution in [1.29, 1.82) is 0 Å². The molecule has 18 heavy (non-hydrogen) atoms. The molecule has 0 aromatic heterocycles. The molecule has 0 bridgehead atoms. The van der Waals surface area contributed by atoms with E-state index in [-0.39, 0.29) is 12.4 Å². The van der Waals surface area contributed by atoms with Crippen molar-refractivity contribution in [2.45, 2.75) is 6.92 Å². The zero-order valence-corrected chi connectivity index (χ0v) is 10.1. The van der Waals surface area contributed by atoms with Crippen LogP contribution in [0.15, 0.2) is 24.3 Å². The van der Waals surface area contributed by atoms with Gasteiger partial charge in [-0.3, -0.25) is 0 Å². The quantitative estimate of drug-likeness (QED) is 0.599. The largest absolute Gasteiger partial charge is 0.488 e. The molecule has 1 aromatic carbocycles. The summed E-state index contributed by atoms with van der Waals surface area (Å²) in [5.74, 6) is -1.48.